The molecule has 0 unspecified atom stereocenters. The summed E-state index contributed by atoms with van der Waals surface area (Å²) in [6.07, 6.45) is 5.46. The summed E-state index contributed by atoms with van der Waals surface area (Å²) in [5.41, 5.74) is 0.885. The molecule has 1 N–H and O–H groups in total. The van der Waals surface area contributed by atoms with E-state index >= 15 is 0 Å². The van der Waals surface area contributed by atoms with Gasteiger partial charge in [-0.1, -0.05) is 6.07 Å². The van der Waals surface area contributed by atoms with Crippen molar-refractivity contribution in [2.24, 2.45) is 5.41 Å². The Morgan fingerprint density at radius 2 is 2.12 bits per heavy atom. The molecule has 90 valence electrons. The largest absolute Gasteiger partial charge is 0.312 e. The smallest absolute Gasteiger partial charge is 0.00967 e. The van der Waals surface area contributed by atoms with Crippen LogP contribution in [0.3, 0.4) is 0 Å². The average molecular weight is 237 g/mol. The van der Waals surface area contributed by atoms with Gasteiger partial charge in [0.2, 0.25) is 0 Å². The molecule has 1 aromatic rings. The van der Waals surface area contributed by atoms with Crippen LogP contribution in [-0.2, 0) is 6.42 Å². The molecule has 1 heterocycles. The van der Waals surface area contributed by atoms with E-state index in [1.54, 1.807) is 4.88 Å². The molecule has 0 saturated heterocycles. The third-order valence-corrected chi connectivity index (χ3v) is 4.37. The van der Waals surface area contributed by atoms with Crippen LogP contribution in [0.2, 0.25) is 0 Å². The molecule has 1 nitrogen and oxygen atoms in total. The number of hydrogen-bond donors (Lipinski definition) is 1. The van der Waals surface area contributed by atoms with Crippen molar-refractivity contribution in [1.29, 1.82) is 0 Å². The lowest BCUT2D eigenvalue weighted by atomic mass is 9.97. The molecule has 0 bridgehead atoms. The summed E-state index contributed by atoms with van der Waals surface area (Å²) >= 11 is 1.89. The summed E-state index contributed by atoms with van der Waals surface area (Å²) < 4.78 is 0. The van der Waals surface area contributed by atoms with Crippen molar-refractivity contribution < 1.29 is 0 Å². The van der Waals surface area contributed by atoms with Gasteiger partial charge in [0.25, 0.3) is 0 Å². The fraction of sp³-hybridized carbons (Fsp3) is 0.714. The summed E-state index contributed by atoms with van der Waals surface area (Å²) in [5.74, 6) is 0. The third-order valence-electron chi connectivity index (χ3n) is 3.43. The highest BCUT2D eigenvalue weighted by Gasteiger charge is 2.42. The maximum absolute atomic E-state index is 3.66. The van der Waals surface area contributed by atoms with Crippen molar-refractivity contribution in [2.75, 3.05) is 6.54 Å². The minimum atomic E-state index is 0.262. The Hall–Kier alpha value is -0.340. The fourth-order valence-electron chi connectivity index (χ4n) is 1.99. The normalized spacial score (nSPS) is 18.7. The van der Waals surface area contributed by atoms with Gasteiger partial charge in [-0.15, -0.1) is 11.3 Å². The zero-order chi connectivity index (χ0) is 11.6. The van der Waals surface area contributed by atoms with Gasteiger partial charge < -0.3 is 5.32 Å². The number of hydrogen-bond acceptors (Lipinski definition) is 2. The Morgan fingerprint density at radius 1 is 1.38 bits per heavy atom. The molecule has 0 aromatic carbocycles. The molecular formula is C14H23NS. The molecule has 0 amide bonds. The lowest BCUT2D eigenvalue weighted by molar-refractivity contribution is 0.345. The second-order valence-electron chi connectivity index (χ2n) is 6.18. The minimum Gasteiger partial charge on any atom is -0.312 e. The summed E-state index contributed by atoms with van der Waals surface area (Å²) in [5, 5.41) is 5.84. The van der Waals surface area contributed by atoms with Crippen LogP contribution in [-0.4, -0.2) is 12.1 Å². The SMILES string of the molecule is CC(C)(C)NCC1(CCc2cccs2)CC1. The standard InChI is InChI=1S/C14H23NS/c1-13(2,3)15-11-14(8-9-14)7-6-12-5-4-10-16-12/h4-5,10,15H,6-9,11H2,1-3H3. The van der Waals surface area contributed by atoms with E-state index in [1.165, 1.54) is 32.2 Å². The van der Waals surface area contributed by atoms with E-state index < -0.39 is 0 Å². The van der Waals surface area contributed by atoms with Crippen LogP contribution >= 0.6 is 11.3 Å². The number of thiophene rings is 1. The first-order valence-electron chi connectivity index (χ1n) is 6.27. The molecular weight excluding hydrogens is 214 g/mol. The summed E-state index contributed by atoms with van der Waals surface area (Å²) in [4.78, 5) is 1.54. The summed E-state index contributed by atoms with van der Waals surface area (Å²) in [7, 11) is 0. The predicted octanol–water partition coefficient (Wildman–Crippen LogP) is 3.85. The Balaban J connectivity index is 1.76. The van der Waals surface area contributed by atoms with Gasteiger partial charge in [-0.25, -0.2) is 0 Å². The Morgan fingerprint density at radius 3 is 2.62 bits per heavy atom. The van der Waals surface area contributed by atoms with Crippen LogP contribution in [0, 0.1) is 5.41 Å². The molecule has 0 aliphatic heterocycles. The van der Waals surface area contributed by atoms with E-state index in [0.717, 1.165) is 0 Å². The van der Waals surface area contributed by atoms with Crippen LogP contribution < -0.4 is 5.32 Å². The lowest BCUT2D eigenvalue weighted by Crippen LogP contribution is -2.39. The fourth-order valence-corrected chi connectivity index (χ4v) is 2.70. The van der Waals surface area contributed by atoms with E-state index in [9.17, 15) is 0 Å². The molecule has 1 aliphatic rings. The van der Waals surface area contributed by atoms with Gasteiger partial charge in [-0.2, -0.15) is 0 Å². The first-order valence-corrected chi connectivity index (χ1v) is 7.15. The summed E-state index contributed by atoms with van der Waals surface area (Å²) in [6, 6.07) is 4.42. The highest BCUT2D eigenvalue weighted by molar-refractivity contribution is 7.09. The van der Waals surface area contributed by atoms with Crippen LogP contribution in [0.1, 0.15) is 44.9 Å². The van der Waals surface area contributed by atoms with Crippen molar-refractivity contribution in [2.45, 2.75) is 52.0 Å². The van der Waals surface area contributed by atoms with Gasteiger partial charge in [0.05, 0.1) is 0 Å². The van der Waals surface area contributed by atoms with Crippen LogP contribution in [0.15, 0.2) is 17.5 Å². The molecule has 2 heteroatoms. The molecule has 1 aliphatic carbocycles. The van der Waals surface area contributed by atoms with Gasteiger partial charge in [0.15, 0.2) is 0 Å². The molecule has 0 spiro atoms. The molecule has 1 fully saturated rings. The van der Waals surface area contributed by atoms with Crippen molar-refractivity contribution in [3.63, 3.8) is 0 Å². The van der Waals surface area contributed by atoms with Gasteiger partial charge in [0, 0.05) is 17.0 Å². The minimum absolute atomic E-state index is 0.262. The average Bonchev–Trinajstić information content (AvgIpc) is 2.78. The van der Waals surface area contributed by atoms with Gasteiger partial charge in [0.1, 0.15) is 0 Å². The van der Waals surface area contributed by atoms with E-state index in [1.807, 2.05) is 11.3 Å². The maximum atomic E-state index is 3.66. The maximum Gasteiger partial charge on any atom is 0.00967 e. The van der Waals surface area contributed by atoms with Gasteiger partial charge in [-0.3, -0.25) is 0 Å². The number of aryl methyl sites for hydroxylation is 1. The lowest BCUT2D eigenvalue weighted by Gasteiger charge is -2.25. The Labute approximate surface area is 103 Å². The van der Waals surface area contributed by atoms with Crippen LogP contribution in [0.25, 0.3) is 0 Å². The quantitative estimate of drug-likeness (QED) is 0.820. The summed E-state index contributed by atoms with van der Waals surface area (Å²) in [6.45, 7) is 7.95. The van der Waals surface area contributed by atoms with Crippen molar-refractivity contribution in [3.05, 3.63) is 22.4 Å². The monoisotopic (exact) mass is 237 g/mol. The molecule has 0 radical (unpaired) electrons. The van der Waals surface area contributed by atoms with Gasteiger partial charge in [-0.05, 0) is 63.3 Å². The zero-order valence-corrected chi connectivity index (χ0v) is 11.5. The first-order chi connectivity index (χ1) is 7.49. The van der Waals surface area contributed by atoms with E-state index in [-0.39, 0.29) is 5.54 Å². The van der Waals surface area contributed by atoms with E-state index in [4.69, 9.17) is 0 Å². The third kappa shape index (κ3) is 3.60. The van der Waals surface area contributed by atoms with E-state index in [2.05, 4.69) is 43.6 Å². The van der Waals surface area contributed by atoms with Crippen molar-refractivity contribution >= 4 is 11.3 Å². The second-order valence-corrected chi connectivity index (χ2v) is 7.22. The molecule has 16 heavy (non-hydrogen) atoms. The second kappa shape index (κ2) is 4.50. The number of nitrogens with one attached hydrogen (secondary N) is 1. The van der Waals surface area contributed by atoms with Crippen LogP contribution in [0.4, 0.5) is 0 Å². The van der Waals surface area contributed by atoms with Crippen molar-refractivity contribution in [1.82, 2.24) is 5.32 Å². The topological polar surface area (TPSA) is 12.0 Å². The highest BCUT2D eigenvalue weighted by atomic mass is 32.1. The molecule has 0 atom stereocenters. The molecule has 1 saturated carbocycles. The predicted molar refractivity (Wildman–Crippen MR) is 72.1 cm³/mol. The number of rotatable bonds is 5. The molecule has 1 aromatic heterocycles. The zero-order valence-electron chi connectivity index (χ0n) is 10.7. The molecule has 2 rings (SSSR count). The highest BCUT2D eigenvalue weighted by Crippen LogP contribution is 2.49. The Kier molecular flexibility index (Phi) is 3.41. The Bertz CT molecular complexity index is 317. The first kappa shape index (κ1) is 12.1. The van der Waals surface area contributed by atoms with Crippen molar-refractivity contribution in [3.8, 4) is 0 Å². The van der Waals surface area contributed by atoms with Crippen LogP contribution in [0.5, 0.6) is 0 Å². The van der Waals surface area contributed by atoms with Gasteiger partial charge >= 0.3 is 0 Å². The van der Waals surface area contributed by atoms with E-state index in [0.29, 0.717) is 5.41 Å².